The number of hydrogen-bond donors (Lipinski definition) is 1. The van der Waals surface area contributed by atoms with Gasteiger partial charge in [-0.15, -0.1) is 10.2 Å². The van der Waals surface area contributed by atoms with Crippen LogP contribution in [0.25, 0.3) is 11.4 Å². The maximum Gasteiger partial charge on any atom is 0.338 e. The molecule has 31 heavy (non-hydrogen) atoms. The maximum atomic E-state index is 12.4. The summed E-state index contributed by atoms with van der Waals surface area (Å²) in [5, 5.41) is 12.2. The second-order valence-corrected chi connectivity index (χ2v) is 7.90. The van der Waals surface area contributed by atoms with Crippen molar-refractivity contribution < 1.29 is 14.3 Å². The summed E-state index contributed by atoms with van der Waals surface area (Å²) in [6.07, 6.45) is 0.934. The molecule has 0 atom stereocenters. The standard InChI is InChI=1S/C23H26N4O3S/c1-4-13-27-21(18-8-6-7-16(3)14-18)25-26-23(27)31-15-20(28)24-19-11-9-17(10-12-19)22(29)30-5-2/h6-12,14H,4-5,13,15H2,1-3H3,(H,24,28). The van der Waals surface area contributed by atoms with Crippen molar-refractivity contribution in [1.82, 2.24) is 14.8 Å². The fraction of sp³-hybridized carbons (Fsp3) is 0.304. The van der Waals surface area contributed by atoms with E-state index in [1.807, 2.05) is 25.1 Å². The zero-order valence-corrected chi connectivity index (χ0v) is 18.7. The van der Waals surface area contributed by atoms with E-state index in [1.165, 1.54) is 11.8 Å². The zero-order chi connectivity index (χ0) is 22.2. The van der Waals surface area contributed by atoms with Gasteiger partial charge in [0.25, 0.3) is 0 Å². The van der Waals surface area contributed by atoms with Crippen molar-refractivity contribution in [2.24, 2.45) is 0 Å². The number of benzene rings is 2. The smallest absolute Gasteiger partial charge is 0.338 e. The molecule has 0 bridgehead atoms. The van der Waals surface area contributed by atoms with Crippen LogP contribution in [0.4, 0.5) is 5.69 Å². The zero-order valence-electron chi connectivity index (χ0n) is 17.9. The van der Waals surface area contributed by atoms with E-state index >= 15 is 0 Å². The predicted octanol–water partition coefficient (Wildman–Crippen LogP) is 4.57. The third-order valence-corrected chi connectivity index (χ3v) is 5.42. The molecule has 1 amide bonds. The minimum atomic E-state index is -0.379. The molecule has 0 aliphatic rings. The summed E-state index contributed by atoms with van der Waals surface area (Å²) in [6, 6.07) is 14.8. The van der Waals surface area contributed by atoms with Gasteiger partial charge in [-0.1, -0.05) is 42.4 Å². The lowest BCUT2D eigenvalue weighted by atomic mass is 10.1. The molecule has 0 spiro atoms. The molecule has 3 aromatic rings. The molecular formula is C23H26N4O3S. The molecule has 8 heteroatoms. The molecule has 3 rings (SSSR count). The van der Waals surface area contributed by atoms with Gasteiger partial charge in [-0.3, -0.25) is 4.79 Å². The molecule has 0 saturated heterocycles. The lowest BCUT2D eigenvalue weighted by Gasteiger charge is -2.10. The van der Waals surface area contributed by atoms with E-state index in [4.69, 9.17) is 4.74 Å². The molecule has 2 aromatic carbocycles. The Labute approximate surface area is 186 Å². The fourth-order valence-corrected chi connectivity index (χ4v) is 3.81. The first-order valence-electron chi connectivity index (χ1n) is 10.2. The molecule has 0 unspecified atom stereocenters. The number of aryl methyl sites for hydroxylation is 1. The van der Waals surface area contributed by atoms with Crippen molar-refractivity contribution in [1.29, 1.82) is 0 Å². The van der Waals surface area contributed by atoms with Gasteiger partial charge in [-0.05, 0) is 50.6 Å². The lowest BCUT2D eigenvalue weighted by Crippen LogP contribution is -2.15. The molecule has 1 aromatic heterocycles. The number of hydrogen-bond acceptors (Lipinski definition) is 6. The summed E-state index contributed by atoms with van der Waals surface area (Å²) < 4.78 is 7.02. The average molecular weight is 439 g/mol. The highest BCUT2D eigenvalue weighted by atomic mass is 32.2. The van der Waals surface area contributed by atoms with Gasteiger partial charge in [0, 0.05) is 17.8 Å². The van der Waals surface area contributed by atoms with Crippen LogP contribution in [0, 0.1) is 6.92 Å². The molecule has 0 saturated carbocycles. The molecule has 7 nitrogen and oxygen atoms in total. The topological polar surface area (TPSA) is 86.1 Å². The monoisotopic (exact) mass is 438 g/mol. The Morgan fingerprint density at radius 1 is 1.10 bits per heavy atom. The van der Waals surface area contributed by atoms with E-state index in [1.54, 1.807) is 31.2 Å². The van der Waals surface area contributed by atoms with Gasteiger partial charge in [0.15, 0.2) is 11.0 Å². The van der Waals surface area contributed by atoms with Crippen LogP contribution >= 0.6 is 11.8 Å². The van der Waals surface area contributed by atoms with Crippen LogP contribution in [-0.4, -0.2) is 39.0 Å². The van der Waals surface area contributed by atoms with Gasteiger partial charge in [0.1, 0.15) is 0 Å². The van der Waals surface area contributed by atoms with Crippen molar-refractivity contribution in [3.63, 3.8) is 0 Å². The summed E-state index contributed by atoms with van der Waals surface area (Å²) in [7, 11) is 0. The number of anilines is 1. The molecular weight excluding hydrogens is 412 g/mol. The van der Waals surface area contributed by atoms with Crippen LogP contribution in [0.2, 0.25) is 0 Å². The molecule has 0 aliphatic carbocycles. The number of amides is 1. The first-order valence-corrected chi connectivity index (χ1v) is 11.2. The molecule has 0 fully saturated rings. The number of ether oxygens (including phenoxy) is 1. The van der Waals surface area contributed by atoms with Crippen LogP contribution in [0.5, 0.6) is 0 Å². The third-order valence-electron chi connectivity index (χ3n) is 4.45. The highest BCUT2D eigenvalue weighted by molar-refractivity contribution is 7.99. The number of carbonyl (C=O) groups is 2. The van der Waals surface area contributed by atoms with Gasteiger partial charge in [-0.25, -0.2) is 4.79 Å². The van der Waals surface area contributed by atoms with E-state index in [-0.39, 0.29) is 17.6 Å². The number of rotatable bonds is 9. The number of thioether (sulfide) groups is 1. The molecule has 1 heterocycles. The Bertz CT molecular complexity index is 1050. The van der Waals surface area contributed by atoms with Crippen LogP contribution in [-0.2, 0) is 16.1 Å². The lowest BCUT2D eigenvalue weighted by molar-refractivity contribution is -0.113. The van der Waals surface area contributed by atoms with Crippen LogP contribution in [0.3, 0.4) is 0 Å². The molecule has 0 radical (unpaired) electrons. The summed E-state index contributed by atoms with van der Waals surface area (Å²) in [4.78, 5) is 24.1. The van der Waals surface area contributed by atoms with Gasteiger partial charge in [0.05, 0.1) is 17.9 Å². The largest absolute Gasteiger partial charge is 0.462 e. The molecule has 162 valence electrons. The number of nitrogens with one attached hydrogen (secondary N) is 1. The van der Waals surface area contributed by atoms with Crippen LogP contribution < -0.4 is 5.32 Å². The molecule has 1 N–H and O–H groups in total. The van der Waals surface area contributed by atoms with E-state index in [0.29, 0.717) is 23.0 Å². The van der Waals surface area contributed by atoms with E-state index < -0.39 is 0 Å². The summed E-state index contributed by atoms with van der Waals surface area (Å²) >= 11 is 1.35. The Balaban J connectivity index is 1.64. The number of esters is 1. The first kappa shape index (κ1) is 22.6. The van der Waals surface area contributed by atoms with Crippen LogP contribution in [0.1, 0.15) is 36.2 Å². The fourth-order valence-electron chi connectivity index (χ4n) is 3.05. The highest BCUT2D eigenvalue weighted by Crippen LogP contribution is 2.25. The second kappa shape index (κ2) is 10.8. The van der Waals surface area contributed by atoms with E-state index in [2.05, 4.69) is 33.1 Å². The Kier molecular flexibility index (Phi) is 7.83. The van der Waals surface area contributed by atoms with Gasteiger partial charge >= 0.3 is 5.97 Å². The SMILES string of the molecule is CCCn1c(SCC(=O)Nc2ccc(C(=O)OCC)cc2)nnc1-c1cccc(C)c1. The third kappa shape index (κ3) is 5.95. The van der Waals surface area contributed by atoms with Crippen molar-refractivity contribution in [3.05, 3.63) is 59.7 Å². The Morgan fingerprint density at radius 3 is 2.55 bits per heavy atom. The quantitative estimate of drug-likeness (QED) is 0.389. The normalized spacial score (nSPS) is 10.7. The van der Waals surface area contributed by atoms with Crippen molar-refractivity contribution in [2.45, 2.75) is 38.9 Å². The molecule has 0 aliphatic heterocycles. The Hall–Kier alpha value is -3.13. The van der Waals surface area contributed by atoms with E-state index in [0.717, 1.165) is 29.9 Å². The van der Waals surface area contributed by atoms with E-state index in [9.17, 15) is 9.59 Å². The van der Waals surface area contributed by atoms with Gasteiger partial charge in [-0.2, -0.15) is 0 Å². The second-order valence-electron chi connectivity index (χ2n) is 6.96. The average Bonchev–Trinajstić information content (AvgIpc) is 3.16. The summed E-state index contributed by atoms with van der Waals surface area (Å²) in [5.74, 6) is 0.477. The predicted molar refractivity (Wildman–Crippen MR) is 122 cm³/mol. The summed E-state index contributed by atoms with van der Waals surface area (Å²) in [5.41, 5.74) is 3.24. The van der Waals surface area contributed by atoms with Gasteiger partial charge < -0.3 is 14.6 Å². The highest BCUT2D eigenvalue weighted by Gasteiger charge is 2.15. The Morgan fingerprint density at radius 2 is 1.87 bits per heavy atom. The number of aromatic nitrogens is 3. The maximum absolute atomic E-state index is 12.4. The minimum absolute atomic E-state index is 0.156. The summed E-state index contributed by atoms with van der Waals surface area (Å²) in [6.45, 7) is 7.00. The van der Waals surface area contributed by atoms with Crippen LogP contribution in [0.15, 0.2) is 53.7 Å². The number of carbonyl (C=O) groups excluding carboxylic acids is 2. The van der Waals surface area contributed by atoms with Crippen molar-refractivity contribution in [3.8, 4) is 11.4 Å². The number of nitrogens with zero attached hydrogens (tertiary/aromatic N) is 3. The van der Waals surface area contributed by atoms with Crippen molar-refractivity contribution >= 4 is 29.3 Å². The van der Waals surface area contributed by atoms with Gasteiger partial charge in [0.2, 0.25) is 5.91 Å². The minimum Gasteiger partial charge on any atom is -0.462 e. The van der Waals surface area contributed by atoms with Crippen molar-refractivity contribution in [2.75, 3.05) is 17.7 Å². The first-order chi connectivity index (χ1) is 15.0.